The van der Waals surface area contributed by atoms with E-state index in [-0.39, 0.29) is 17.1 Å². The van der Waals surface area contributed by atoms with Gasteiger partial charge in [-0.25, -0.2) is 0 Å². The van der Waals surface area contributed by atoms with E-state index in [0.717, 1.165) is 49.1 Å². The molecule has 26 heavy (non-hydrogen) atoms. The third kappa shape index (κ3) is 4.91. The van der Waals surface area contributed by atoms with E-state index in [1.165, 1.54) is 23.9 Å². The van der Waals surface area contributed by atoms with Crippen molar-refractivity contribution in [2.75, 3.05) is 50.1 Å². The molecule has 0 aliphatic carbocycles. The molecule has 2 aliphatic heterocycles. The van der Waals surface area contributed by atoms with Gasteiger partial charge in [-0.2, -0.15) is 11.8 Å². The van der Waals surface area contributed by atoms with Gasteiger partial charge < -0.3 is 10.1 Å². The van der Waals surface area contributed by atoms with Gasteiger partial charge in [0.2, 0.25) is 5.91 Å². The van der Waals surface area contributed by atoms with E-state index in [0.29, 0.717) is 12.3 Å². The monoisotopic (exact) mass is 397 g/mol. The number of benzene rings is 1. The number of ether oxygens (including phenoxy) is 1. The van der Waals surface area contributed by atoms with Crippen molar-refractivity contribution in [1.29, 1.82) is 0 Å². The van der Waals surface area contributed by atoms with E-state index in [1.807, 2.05) is 11.8 Å². The van der Waals surface area contributed by atoms with Gasteiger partial charge >= 0.3 is 0 Å². The maximum Gasteiger partial charge on any atom is 0.269 e. The number of thioether (sulfide) groups is 2. The van der Waals surface area contributed by atoms with Gasteiger partial charge in [-0.05, 0) is 24.3 Å². The number of nitrogens with one attached hydrogen (secondary N) is 1. The molecule has 0 spiro atoms. The molecule has 7 nitrogen and oxygen atoms in total. The third-order valence-electron chi connectivity index (χ3n) is 4.80. The summed E-state index contributed by atoms with van der Waals surface area (Å²) in [4.78, 5) is 25.9. The van der Waals surface area contributed by atoms with Crippen LogP contribution in [0.25, 0.3) is 0 Å². The topological polar surface area (TPSA) is 84.7 Å². The second-order valence-corrected chi connectivity index (χ2v) is 8.60. The lowest BCUT2D eigenvalue weighted by Gasteiger charge is -2.43. The number of morpholine rings is 1. The summed E-state index contributed by atoms with van der Waals surface area (Å²) in [5.74, 6) is 2.48. The van der Waals surface area contributed by atoms with Crippen LogP contribution in [0.1, 0.15) is 6.42 Å². The van der Waals surface area contributed by atoms with Crippen LogP contribution in [0, 0.1) is 10.1 Å². The zero-order valence-corrected chi connectivity index (χ0v) is 16.2. The van der Waals surface area contributed by atoms with Crippen molar-refractivity contribution < 1.29 is 14.5 Å². The highest BCUT2D eigenvalue weighted by atomic mass is 32.2. The number of carbonyl (C=O) groups is 1. The Morgan fingerprint density at radius 2 is 2.08 bits per heavy atom. The number of hydrogen-bond donors (Lipinski definition) is 1. The number of carbonyl (C=O) groups excluding carboxylic acids is 1. The molecule has 0 saturated carbocycles. The van der Waals surface area contributed by atoms with Gasteiger partial charge in [-0.3, -0.25) is 19.8 Å². The van der Waals surface area contributed by atoms with E-state index >= 15 is 0 Å². The number of nitro benzene ring substituents is 1. The molecule has 2 heterocycles. The molecule has 1 aromatic rings. The van der Waals surface area contributed by atoms with Crippen LogP contribution in [-0.2, 0) is 9.53 Å². The number of rotatable bonds is 7. The normalized spacial score (nSPS) is 23.7. The summed E-state index contributed by atoms with van der Waals surface area (Å²) in [6.07, 6.45) is 1.09. The molecular formula is C17H23N3O4S2. The highest BCUT2D eigenvalue weighted by Gasteiger charge is 2.40. The number of nitro groups is 1. The summed E-state index contributed by atoms with van der Waals surface area (Å²) >= 11 is 3.34. The molecule has 0 unspecified atom stereocenters. The van der Waals surface area contributed by atoms with Crippen molar-refractivity contribution in [2.45, 2.75) is 16.9 Å². The zero-order valence-electron chi connectivity index (χ0n) is 14.5. The largest absolute Gasteiger partial charge is 0.379 e. The first-order valence-electron chi connectivity index (χ1n) is 8.64. The Kier molecular flexibility index (Phi) is 6.80. The third-order valence-corrected chi connectivity index (χ3v) is 7.04. The molecule has 3 rings (SSSR count). The molecule has 9 heteroatoms. The van der Waals surface area contributed by atoms with Crippen LogP contribution in [0.4, 0.5) is 5.69 Å². The molecule has 0 radical (unpaired) electrons. The van der Waals surface area contributed by atoms with Crippen LogP contribution in [0.2, 0.25) is 0 Å². The van der Waals surface area contributed by atoms with Gasteiger partial charge in [0.15, 0.2) is 0 Å². The average molecular weight is 398 g/mol. The Morgan fingerprint density at radius 3 is 2.69 bits per heavy atom. The van der Waals surface area contributed by atoms with Crippen LogP contribution >= 0.6 is 23.5 Å². The van der Waals surface area contributed by atoms with Gasteiger partial charge in [0, 0.05) is 48.0 Å². The van der Waals surface area contributed by atoms with Gasteiger partial charge in [-0.1, -0.05) is 0 Å². The molecule has 1 aromatic carbocycles. The molecule has 0 aromatic heterocycles. The minimum atomic E-state index is -0.425. The highest BCUT2D eigenvalue weighted by Crippen LogP contribution is 2.33. The van der Waals surface area contributed by atoms with Crippen molar-refractivity contribution in [3.05, 3.63) is 34.4 Å². The molecule has 0 bridgehead atoms. The SMILES string of the molecule is O=C(CSc1ccc([N+](=O)[O-])cc1)NC[C@]1(N2CCOCC2)CCSC1. The summed E-state index contributed by atoms with van der Waals surface area (Å²) in [6.45, 7) is 4.04. The lowest BCUT2D eigenvalue weighted by atomic mass is 9.95. The van der Waals surface area contributed by atoms with Crippen molar-refractivity contribution in [3.63, 3.8) is 0 Å². The number of nitrogens with zero attached hydrogens (tertiary/aromatic N) is 2. The van der Waals surface area contributed by atoms with Gasteiger partial charge in [-0.15, -0.1) is 11.8 Å². The van der Waals surface area contributed by atoms with E-state index in [2.05, 4.69) is 10.2 Å². The van der Waals surface area contributed by atoms with Crippen molar-refractivity contribution in [1.82, 2.24) is 10.2 Å². The Balaban J connectivity index is 1.48. The van der Waals surface area contributed by atoms with Crippen LogP contribution in [-0.4, -0.2) is 71.4 Å². The predicted octanol–water partition coefficient (Wildman–Crippen LogP) is 2.01. The average Bonchev–Trinajstić information content (AvgIpc) is 3.16. The maximum absolute atomic E-state index is 12.3. The summed E-state index contributed by atoms with van der Waals surface area (Å²) < 4.78 is 5.46. The van der Waals surface area contributed by atoms with E-state index < -0.39 is 4.92 Å². The van der Waals surface area contributed by atoms with Crippen molar-refractivity contribution in [3.8, 4) is 0 Å². The Morgan fingerprint density at radius 1 is 1.35 bits per heavy atom. The standard InChI is InChI=1S/C17H23N3O4S2/c21-16(11-26-15-3-1-14(2-4-15)20(22)23)18-12-17(5-10-25-13-17)19-6-8-24-9-7-19/h1-4H,5-13H2,(H,18,21)/t17-/m1/s1. The quantitative estimate of drug-likeness (QED) is 0.428. The van der Waals surface area contributed by atoms with Crippen LogP contribution in [0.3, 0.4) is 0 Å². The summed E-state index contributed by atoms with van der Waals surface area (Å²) in [6, 6.07) is 6.28. The molecule has 1 atom stereocenters. The molecule has 2 fully saturated rings. The fraction of sp³-hybridized carbons (Fsp3) is 0.588. The predicted molar refractivity (Wildman–Crippen MR) is 104 cm³/mol. The first-order chi connectivity index (χ1) is 12.6. The van der Waals surface area contributed by atoms with Gasteiger partial charge in [0.25, 0.3) is 5.69 Å². The van der Waals surface area contributed by atoms with E-state index in [9.17, 15) is 14.9 Å². The minimum Gasteiger partial charge on any atom is -0.379 e. The zero-order chi connectivity index (χ0) is 18.4. The van der Waals surface area contributed by atoms with E-state index in [1.54, 1.807) is 12.1 Å². The molecule has 1 N–H and O–H groups in total. The summed E-state index contributed by atoms with van der Waals surface area (Å²) in [5.41, 5.74) is 0.104. The fourth-order valence-corrected chi connectivity index (χ4v) is 5.47. The smallest absolute Gasteiger partial charge is 0.269 e. The Hall–Kier alpha value is -1.29. The molecule has 2 saturated heterocycles. The first kappa shape index (κ1) is 19.5. The summed E-state index contributed by atoms with van der Waals surface area (Å²) in [5, 5.41) is 13.8. The molecule has 1 amide bonds. The molecule has 142 valence electrons. The summed E-state index contributed by atoms with van der Waals surface area (Å²) in [7, 11) is 0. The van der Waals surface area contributed by atoms with Gasteiger partial charge in [0.1, 0.15) is 0 Å². The number of amides is 1. The van der Waals surface area contributed by atoms with E-state index in [4.69, 9.17) is 4.74 Å². The lowest BCUT2D eigenvalue weighted by Crippen LogP contribution is -2.59. The van der Waals surface area contributed by atoms with Crippen molar-refractivity contribution in [2.24, 2.45) is 0 Å². The van der Waals surface area contributed by atoms with Crippen LogP contribution in [0.15, 0.2) is 29.2 Å². The molecule has 2 aliphatic rings. The van der Waals surface area contributed by atoms with Crippen LogP contribution in [0.5, 0.6) is 0 Å². The maximum atomic E-state index is 12.3. The van der Waals surface area contributed by atoms with Crippen molar-refractivity contribution >= 4 is 35.1 Å². The second-order valence-electron chi connectivity index (χ2n) is 6.44. The number of non-ortho nitro benzene ring substituents is 1. The van der Waals surface area contributed by atoms with Gasteiger partial charge in [0.05, 0.1) is 23.9 Å². The second kappa shape index (κ2) is 9.07. The molecular weight excluding hydrogens is 374 g/mol. The number of hydrogen-bond acceptors (Lipinski definition) is 7. The minimum absolute atomic E-state index is 0.00196. The fourth-order valence-electron chi connectivity index (χ4n) is 3.26. The Bertz CT molecular complexity index is 629. The first-order valence-corrected chi connectivity index (χ1v) is 10.8. The van der Waals surface area contributed by atoms with Crippen LogP contribution < -0.4 is 5.32 Å². The highest BCUT2D eigenvalue weighted by molar-refractivity contribution is 8.00. The lowest BCUT2D eigenvalue weighted by molar-refractivity contribution is -0.384. The Labute approximate surface area is 161 Å².